The number of guanidine groups is 1. The lowest BCUT2D eigenvalue weighted by Gasteiger charge is -2.17. The highest BCUT2D eigenvalue weighted by atomic mass is 32.2. The Morgan fingerprint density at radius 3 is 2.62 bits per heavy atom. The lowest BCUT2D eigenvalue weighted by atomic mass is 10.2. The van der Waals surface area contributed by atoms with Crippen LogP contribution in [-0.2, 0) is 0 Å². The number of halogens is 3. The first-order valence-corrected chi connectivity index (χ1v) is 8.87. The number of rotatable bonds is 7. The smallest absolute Gasteiger partial charge is 0.357 e. The van der Waals surface area contributed by atoms with Crippen molar-refractivity contribution in [2.45, 2.75) is 62.9 Å². The van der Waals surface area contributed by atoms with Crippen molar-refractivity contribution in [1.82, 2.24) is 10.6 Å². The normalized spacial score (nSPS) is 23.4. The molecule has 2 unspecified atom stereocenters. The first kappa shape index (κ1) is 18.5. The second-order valence-corrected chi connectivity index (χ2v) is 6.48. The third-order valence-electron chi connectivity index (χ3n) is 3.54. The van der Waals surface area contributed by atoms with Crippen LogP contribution in [0.25, 0.3) is 0 Å². The van der Waals surface area contributed by atoms with Crippen LogP contribution in [0.1, 0.15) is 45.4 Å². The van der Waals surface area contributed by atoms with Crippen molar-refractivity contribution in [3.8, 4) is 0 Å². The quantitative estimate of drug-likeness (QED) is 0.427. The molecule has 0 bridgehead atoms. The Balaban J connectivity index is 2.30. The standard InChI is InChI=1S/C14H26F3N3S/c1-3-18-13(19-9-5-4-8-14(15,16)17)20-11-6-7-12(10-11)21-2/h11-12H,3-10H2,1-2H3,(H2,18,19,20). The van der Waals surface area contributed by atoms with E-state index < -0.39 is 12.6 Å². The van der Waals surface area contributed by atoms with E-state index in [0.29, 0.717) is 24.3 Å². The van der Waals surface area contributed by atoms with Crippen LogP contribution in [0.3, 0.4) is 0 Å². The molecule has 0 aromatic carbocycles. The minimum absolute atomic E-state index is 0.143. The lowest BCUT2D eigenvalue weighted by Crippen LogP contribution is -2.42. The van der Waals surface area contributed by atoms with Gasteiger partial charge in [-0.2, -0.15) is 24.9 Å². The van der Waals surface area contributed by atoms with Gasteiger partial charge in [-0.15, -0.1) is 0 Å². The second-order valence-electron chi connectivity index (χ2n) is 5.34. The van der Waals surface area contributed by atoms with Crippen molar-refractivity contribution in [3.05, 3.63) is 0 Å². The average Bonchev–Trinajstić information content (AvgIpc) is 2.85. The highest BCUT2D eigenvalue weighted by Gasteiger charge is 2.26. The minimum Gasteiger partial charge on any atom is -0.357 e. The summed E-state index contributed by atoms with van der Waals surface area (Å²) >= 11 is 1.90. The van der Waals surface area contributed by atoms with Crippen molar-refractivity contribution >= 4 is 17.7 Å². The molecule has 0 aromatic rings. The van der Waals surface area contributed by atoms with Gasteiger partial charge in [0.15, 0.2) is 5.96 Å². The van der Waals surface area contributed by atoms with Gasteiger partial charge in [-0.3, -0.25) is 4.99 Å². The van der Waals surface area contributed by atoms with Crippen LogP contribution in [0, 0.1) is 0 Å². The Kier molecular flexibility index (Phi) is 8.29. The molecular weight excluding hydrogens is 299 g/mol. The highest BCUT2D eigenvalue weighted by Crippen LogP contribution is 2.28. The number of aliphatic imine (C=N–C) groups is 1. The van der Waals surface area contributed by atoms with E-state index in [1.807, 2.05) is 18.7 Å². The predicted octanol–water partition coefficient (Wildman–Crippen LogP) is 3.56. The van der Waals surface area contributed by atoms with Gasteiger partial charge >= 0.3 is 6.18 Å². The molecule has 21 heavy (non-hydrogen) atoms. The van der Waals surface area contributed by atoms with Crippen molar-refractivity contribution in [3.63, 3.8) is 0 Å². The fourth-order valence-electron chi connectivity index (χ4n) is 2.43. The maximum atomic E-state index is 12.0. The van der Waals surface area contributed by atoms with Gasteiger partial charge in [-0.25, -0.2) is 0 Å². The first-order valence-electron chi connectivity index (χ1n) is 7.59. The summed E-state index contributed by atoms with van der Waals surface area (Å²) < 4.78 is 36.1. The maximum Gasteiger partial charge on any atom is 0.389 e. The molecule has 1 saturated carbocycles. The van der Waals surface area contributed by atoms with Crippen LogP contribution in [0.15, 0.2) is 4.99 Å². The third-order valence-corrected chi connectivity index (χ3v) is 4.64. The molecule has 1 aliphatic carbocycles. The number of nitrogens with zero attached hydrogens (tertiary/aromatic N) is 1. The molecule has 2 N–H and O–H groups in total. The monoisotopic (exact) mass is 325 g/mol. The summed E-state index contributed by atoms with van der Waals surface area (Å²) in [5.41, 5.74) is 0. The van der Waals surface area contributed by atoms with E-state index in [0.717, 1.165) is 25.3 Å². The molecule has 1 rings (SSSR count). The van der Waals surface area contributed by atoms with Gasteiger partial charge in [0.2, 0.25) is 0 Å². The molecule has 0 spiro atoms. The van der Waals surface area contributed by atoms with Crippen LogP contribution in [0.2, 0.25) is 0 Å². The Labute approximate surface area is 129 Å². The average molecular weight is 325 g/mol. The molecule has 0 aromatic heterocycles. The van der Waals surface area contributed by atoms with Crippen molar-refractivity contribution in [2.75, 3.05) is 19.3 Å². The van der Waals surface area contributed by atoms with E-state index in [1.165, 1.54) is 6.42 Å². The summed E-state index contributed by atoms with van der Waals surface area (Å²) in [5, 5.41) is 7.26. The number of unbranched alkanes of at least 4 members (excludes halogenated alkanes) is 1. The Hall–Kier alpha value is -0.590. The molecule has 1 fully saturated rings. The van der Waals surface area contributed by atoms with Crippen LogP contribution < -0.4 is 10.6 Å². The van der Waals surface area contributed by atoms with Crippen LogP contribution >= 0.6 is 11.8 Å². The number of thioether (sulfide) groups is 1. The fourth-order valence-corrected chi connectivity index (χ4v) is 3.22. The predicted molar refractivity (Wildman–Crippen MR) is 84.0 cm³/mol. The summed E-state index contributed by atoms with van der Waals surface area (Å²) in [6.07, 6.45) is 1.44. The minimum atomic E-state index is -4.05. The van der Waals surface area contributed by atoms with Gasteiger partial charge in [0, 0.05) is 30.8 Å². The van der Waals surface area contributed by atoms with E-state index in [2.05, 4.69) is 21.9 Å². The Morgan fingerprint density at radius 2 is 2.05 bits per heavy atom. The van der Waals surface area contributed by atoms with E-state index in [1.54, 1.807) is 0 Å². The summed E-state index contributed by atoms with van der Waals surface area (Å²) in [5.74, 6) is 0.733. The molecular formula is C14H26F3N3S. The van der Waals surface area contributed by atoms with Gasteiger partial charge in [-0.05, 0) is 45.3 Å². The second kappa shape index (κ2) is 9.43. The van der Waals surface area contributed by atoms with Gasteiger partial charge in [0.25, 0.3) is 0 Å². The van der Waals surface area contributed by atoms with Gasteiger partial charge < -0.3 is 10.6 Å². The zero-order valence-corrected chi connectivity index (χ0v) is 13.6. The maximum absolute atomic E-state index is 12.0. The van der Waals surface area contributed by atoms with E-state index in [9.17, 15) is 13.2 Å². The van der Waals surface area contributed by atoms with E-state index in [-0.39, 0.29) is 6.42 Å². The molecule has 3 nitrogen and oxygen atoms in total. The van der Waals surface area contributed by atoms with E-state index >= 15 is 0 Å². The number of hydrogen-bond donors (Lipinski definition) is 2. The third kappa shape index (κ3) is 8.44. The SMILES string of the molecule is CCNC(=NCCCCC(F)(F)F)NC1CCC(SC)C1. The molecule has 2 atom stereocenters. The lowest BCUT2D eigenvalue weighted by molar-refractivity contribution is -0.135. The van der Waals surface area contributed by atoms with E-state index in [4.69, 9.17) is 0 Å². The largest absolute Gasteiger partial charge is 0.389 e. The molecule has 0 aliphatic heterocycles. The van der Waals surface area contributed by atoms with Gasteiger partial charge in [0.1, 0.15) is 0 Å². The number of nitrogens with one attached hydrogen (secondary N) is 2. The molecule has 1 aliphatic rings. The molecule has 0 heterocycles. The Morgan fingerprint density at radius 1 is 1.29 bits per heavy atom. The first-order chi connectivity index (χ1) is 9.94. The van der Waals surface area contributed by atoms with Crippen molar-refractivity contribution < 1.29 is 13.2 Å². The zero-order chi connectivity index (χ0) is 15.7. The van der Waals surface area contributed by atoms with Crippen LogP contribution in [0.4, 0.5) is 13.2 Å². The highest BCUT2D eigenvalue weighted by molar-refractivity contribution is 7.99. The fraction of sp³-hybridized carbons (Fsp3) is 0.929. The number of hydrogen-bond acceptors (Lipinski definition) is 2. The van der Waals surface area contributed by atoms with Crippen LogP contribution in [0.5, 0.6) is 0 Å². The summed E-state index contributed by atoms with van der Waals surface area (Å²) in [4.78, 5) is 4.37. The molecule has 0 saturated heterocycles. The topological polar surface area (TPSA) is 36.4 Å². The Bertz CT molecular complexity index is 321. The summed E-state index contributed by atoms with van der Waals surface area (Å²) in [6.45, 7) is 3.18. The molecule has 124 valence electrons. The number of alkyl halides is 3. The summed E-state index contributed by atoms with van der Waals surface area (Å²) in [7, 11) is 0. The van der Waals surface area contributed by atoms with Crippen molar-refractivity contribution in [2.24, 2.45) is 4.99 Å². The van der Waals surface area contributed by atoms with Gasteiger partial charge in [0.05, 0.1) is 0 Å². The van der Waals surface area contributed by atoms with Crippen molar-refractivity contribution in [1.29, 1.82) is 0 Å². The molecule has 0 amide bonds. The van der Waals surface area contributed by atoms with Gasteiger partial charge in [-0.1, -0.05) is 0 Å². The zero-order valence-electron chi connectivity index (χ0n) is 12.8. The molecule has 7 heteroatoms. The molecule has 0 radical (unpaired) electrons. The summed E-state index contributed by atoms with van der Waals surface area (Å²) in [6, 6.07) is 0.426. The van der Waals surface area contributed by atoms with Crippen LogP contribution in [-0.4, -0.2) is 42.8 Å².